The van der Waals surface area contributed by atoms with Crippen molar-refractivity contribution in [1.82, 2.24) is 0 Å². The van der Waals surface area contributed by atoms with Crippen molar-refractivity contribution in [3.05, 3.63) is 58.9 Å². The first-order chi connectivity index (χ1) is 9.90. The Balaban J connectivity index is 2.49. The predicted molar refractivity (Wildman–Crippen MR) is 79.4 cm³/mol. The van der Waals surface area contributed by atoms with Crippen LogP contribution in [0.3, 0.4) is 0 Å². The van der Waals surface area contributed by atoms with Gasteiger partial charge in [0.05, 0.1) is 14.2 Å². The van der Waals surface area contributed by atoms with E-state index in [0.717, 1.165) is 0 Å². The van der Waals surface area contributed by atoms with Crippen LogP contribution in [0.1, 0.15) is 23.6 Å². The van der Waals surface area contributed by atoms with Crippen molar-refractivity contribution in [1.29, 1.82) is 0 Å². The highest BCUT2D eigenvalue weighted by Crippen LogP contribution is 2.35. The van der Waals surface area contributed by atoms with Crippen LogP contribution in [-0.4, -0.2) is 19.3 Å². The first kappa shape index (κ1) is 15.3. The van der Waals surface area contributed by atoms with E-state index in [-0.39, 0.29) is 5.82 Å². The first-order valence-corrected chi connectivity index (χ1v) is 6.61. The molecule has 0 aliphatic heterocycles. The molecule has 0 spiro atoms. The summed E-state index contributed by atoms with van der Waals surface area (Å²) in [6.07, 6.45) is 0. The molecule has 2 aromatic rings. The van der Waals surface area contributed by atoms with E-state index >= 15 is 0 Å². The molecule has 4 heteroatoms. The number of hydrogen-bond acceptors (Lipinski definition) is 3. The van der Waals surface area contributed by atoms with Gasteiger partial charge in [0.15, 0.2) is 11.5 Å². The van der Waals surface area contributed by atoms with E-state index in [1.54, 1.807) is 51.3 Å². The van der Waals surface area contributed by atoms with Crippen LogP contribution >= 0.6 is 0 Å². The number of ether oxygens (including phenoxy) is 2. The predicted octanol–water partition coefficient (Wildman–Crippen LogP) is 3.41. The lowest BCUT2D eigenvalue weighted by atomic mass is 9.87. The Kier molecular flexibility index (Phi) is 4.19. The Hall–Kier alpha value is -2.07. The van der Waals surface area contributed by atoms with Crippen LogP contribution < -0.4 is 9.47 Å². The molecule has 0 aliphatic rings. The third-order valence-electron chi connectivity index (χ3n) is 3.68. The standard InChI is InChI=1S/C17H19FO3/c1-11-5-6-12(9-14(11)18)17(2,19)13-7-8-15(20-3)16(10-13)21-4/h5-10,19H,1-4H3. The highest BCUT2D eigenvalue weighted by atomic mass is 19.1. The molecule has 21 heavy (non-hydrogen) atoms. The zero-order valence-electron chi connectivity index (χ0n) is 12.6. The van der Waals surface area contributed by atoms with Gasteiger partial charge in [0.25, 0.3) is 0 Å². The minimum absolute atomic E-state index is 0.340. The number of benzene rings is 2. The average molecular weight is 290 g/mol. The van der Waals surface area contributed by atoms with Crippen LogP contribution in [0.2, 0.25) is 0 Å². The highest BCUT2D eigenvalue weighted by molar-refractivity contribution is 5.47. The highest BCUT2D eigenvalue weighted by Gasteiger charge is 2.27. The van der Waals surface area contributed by atoms with E-state index in [4.69, 9.17) is 9.47 Å². The molecule has 0 aliphatic carbocycles. The Bertz CT molecular complexity index is 650. The number of halogens is 1. The summed E-state index contributed by atoms with van der Waals surface area (Å²) in [4.78, 5) is 0. The van der Waals surface area contributed by atoms with Gasteiger partial charge in [-0.2, -0.15) is 0 Å². The molecule has 0 amide bonds. The summed E-state index contributed by atoms with van der Waals surface area (Å²) in [5, 5.41) is 10.8. The van der Waals surface area contributed by atoms with E-state index < -0.39 is 5.60 Å². The SMILES string of the molecule is COc1ccc(C(C)(O)c2ccc(C)c(F)c2)cc1OC. The summed E-state index contributed by atoms with van der Waals surface area (Å²) in [5.41, 5.74) is 0.303. The number of rotatable bonds is 4. The summed E-state index contributed by atoms with van der Waals surface area (Å²) in [6.45, 7) is 3.31. The lowest BCUT2D eigenvalue weighted by Gasteiger charge is -2.25. The van der Waals surface area contributed by atoms with Crippen LogP contribution in [-0.2, 0) is 5.60 Å². The van der Waals surface area contributed by atoms with Gasteiger partial charge in [-0.25, -0.2) is 4.39 Å². The first-order valence-electron chi connectivity index (χ1n) is 6.61. The molecule has 2 aromatic carbocycles. The van der Waals surface area contributed by atoms with Crippen molar-refractivity contribution in [2.45, 2.75) is 19.4 Å². The fraction of sp³-hybridized carbons (Fsp3) is 0.294. The largest absolute Gasteiger partial charge is 0.493 e. The van der Waals surface area contributed by atoms with Gasteiger partial charge in [0, 0.05) is 0 Å². The molecule has 1 atom stereocenters. The number of methoxy groups -OCH3 is 2. The lowest BCUT2D eigenvalue weighted by Crippen LogP contribution is -2.23. The van der Waals surface area contributed by atoms with Crippen molar-refractivity contribution < 1.29 is 19.0 Å². The number of hydrogen-bond donors (Lipinski definition) is 1. The van der Waals surface area contributed by atoms with Crippen LogP contribution in [0.15, 0.2) is 36.4 Å². The number of aliphatic hydroxyl groups is 1. The van der Waals surface area contributed by atoms with E-state index in [1.165, 1.54) is 13.2 Å². The molecular formula is C17H19FO3. The van der Waals surface area contributed by atoms with Gasteiger partial charge in [0.1, 0.15) is 11.4 Å². The van der Waals surface area contributed by atoms with Crippen molar-refractivity contribution in [3.63, 3.8) is 0 Å². The van der Waals surface area contributed by atoms with E-state index in [1.807, 2.05) is 0 Å². The maximum absolute atomic E-state index is 13.7. The molecule has 112 valence electrons. The maximum Gasteiger partial charge on any atom is 0.161 e. The van der Waals surface area contributed by atoms with Gasteiger partial charge < -0.3 is 14.6 Å². The molecule has 0 saturated carbocycles. The summed E-state index contributed by atoms with van der Waals surface area (Å²) < 4.78 is 24.2. The second kappa shape index (κ2) is 5.74. The minimum atomic E-state index is -1.33. The normalized spacial score (nSPS) is 13.6. The fourth-order valence-corrected chi connectivity index (χ4v) is 2.20. The molecule has 0 saturated heterocycles. The Morgan fingerprint density at radius 3 is 2.10 bits per heavy atom. The lowest BCUT2D eigenvalue weighted by molar-refractivity contribution is 0.101. The average Bonchev–Trinajstić information content (AvgIpc) is 2.49. The Morgan fingerprint density at radius 1 is 0.952 bits per heavy atom. The van der Waals surface area contributed by atoms with Gasteiger partial charge in [0.2, 0.25) is 0 Å². The molecule has 1 N–H and O–H groups in total. The molecule has 1 unspecified atom stereocenters. The van der Waals surface area contributed by atoms with Gasteiger partial charge >= 0.3 is 0 Å². The second-order valence-electron chi connectivity index (χ2n) is 5.11. The third-order valence-corrected chi connectivity index (χ3v) is 3.68. The second-order valence-corrected chi connectivity index (χ2v) is 5.11. The smallest absolute Gasteiger partial charge is 0.161 e. The zero-order valence-corrected chi connectivity index (χ0v) is 12.6. The summed E-state index contributed by atoms with van der Waals surface area (Å²) in [6, 6.07) is 9.87. The summed E-state index contributed by atoms with van der Waals surface area (Å²) in [7, 11) is 3.08. The molecule has 0 radical (unpaired) electrons. The van der Waals surface area contributed by atoms with Crippen LogP contribution in [0.5, 0.6) is 11.5 Å². The van der Waals surface area contributed by atoms with Crippen LogP contribution in [0.4, 0.5) is 4.39 Å². The zero-order chi connectivity index (χ0) is 15.6. The van der Waals surface area contributed by atoms with Crippen LogP contribution in [0.25, 0.3) is 0 Å². The monoisotopic (exact) mass is 290 g/mol. The summed E-state index contributed by atoms with van der Waals surface area (Å²) >= 11 is 0. The number of aryl methyl sites for hydroxylation is 1. The molecule has 0 heterocycles. The van der Waals surface area contributed by atoms with Crippen molar-refractivity contribution in [3.8, 4) is 11.5 Å². The molecular weight excluding hydrogens is 271 g/mol. The maximum atomic E-state index is 13.7. The quantitative estimate of drug-likeness (QED) is 0.938. The third kappa shape index (κ3) is 2.85. The van der Waals surface area contributed by atoms with Crippen molar-refractivity contribution in [2.75, 3.05) is 14.2 Å². The van der Waals surface area contributed by atoms with Crippen molar-refractivity contribution in [2.24, 2.45) is 0 Å². The molecule has 0 fully saturated rings. The summed E-state index contributed by atoms with van der Waals surface area (Å²) in [5.74, 6) is 0.753. The van der Waals surface area contributed by atoms with Gasteiger partial charge in [-0.3, -0.25) is 0 Å². The van der Waals surface area contributed by atoms with E-state index in [2.05, 4.69) is 0 Å². The van der Waals surface area contributed by atoms with Crippen molar-refractivity contribution >= 4 is 0 Å². The van der Waals surface area contributed by atoms with E-state index in [9.17, 15) is 9.50 Å². The molecule has 0 bridgehead atoms. The molecule has 2 rings (SSSR count). The topological polar surface area (TPSA) is 38.7 Å². The minimum Gasteiger partial charge on any atom is -0.493 e. The van der Waals surface area contributed by atoms with Gasteiger partial charge in [-0.15, -0.1) is 0 Å². The Labute approximate surface area is 124 Å². The molecule has 0 aromatic heterocycles. The van der Waals surface area contributed by atoms with E-state index in [0.29, 0.717) is 28.2 Å². The molecule has 3 nitrogen and oxygen atoms in total. The van der Waals surface area contributed by atoms with Crippen LogP contribution in [0, 0.1) is 12.7 Å². The Morgan fingerprint density at radius 2 is 1.52 bits per heavy atom. The van der Waals surface area contributed by atoms with Gasteiger partial charge in [-0.05, 0) is 48.7 Å². The fourth-order valence-electron chi connectivity index (χ4n) is 2.20. The van der Waals surface area contributed by atoms with Gasteiger partial charge in [-0.1, -0.05) is 18.2 Å².